The lowest BCUT2D eigenvalue weighted by Gasteiger charge is -2.36. The molecule has 0 radical (unpaired) electrons. The standard InChI is InChI=1S/C23H19N3O5/c27-20-18-15-6-3-9-25(15)23(13-4-1-2-5-14(13)24-22(23)29)19(18)21(28)26(20)12-7-8-16-17(10-12)31-11-30-16/h1-2,4-5,7-8,10,15,18-19H,3,6,9,11H2,(H,24,29)/t15-,18+,19-,23+/m0/s1. The van der Waals surface area contributed by atoms with Gasteiger partial charge in [0.2, 0.25) is 24.5 Å². The zero-order chi connectivity index (χ0) is 20.9. The topological polar surface area (TPSA) is 88.2 Å². The average molecular weight is 417 g/mol. The largest absolute Gasteiger partial charge is 0.454 e. The number of amides is 3. The molecule has 5 aliphatic heterocycles. The number of nitrogens with one attached hydrogen (secondary N) is 1. The minimum Gasteiger partial charge on any atom is -0.454 e. The number of imide groups is 1. The lowest BCUT2D eigenvalue weighted by Crippen LogP contribution is -2.54. The minimum absolute atomic E-state index is 0.114. The first-order chi connectivity index (χ1) is 15.1. The van der Waals surface area contributed by atoms with Crippen molar-refractivity contribution in [1.82, 2.24) is 4.90 Å². The first-order valence-corrected chi connectivity index (χ1v) is 10.6. The predicted molar refractivity (Wildman–Crippen MR) is 109 cm³/mol. The van der Waals surface area contributed by atoms with E-state index in [1.165, 1.54) is 4.90 Å². The summed E-state index contributed by atoms with van der Waals surface area (Å²) in [6.45, 7) is 0.813. The van der Waals surface area contributed by atoms with Gasteiger partial charge in [-0.15, -0.1) is 0 Å². The Morgan fingerprint density at radius 3 is 2.74 bits per heavy atom. The van der Waals surface area contributed by atoms with E-state index in [9.17, 15) is 14.4 Å². The Balaban J connectivity index is 1.40. The van der Waals surface area contributed by atoms with E-state index in [1.54, 1.807) is 18.2 Å². The summed E-state index contributed by atoms with van der Waals surface area (Å²) in [5.41, 5.74) is 0.842. The van der Waals surface area contributed by atoms with Gasteiger partial charge < -0.3 is 14.8 Å². The van der Waals surface area contributed by atoms with Crippen molar-refractivity contribution in [3.63, 3.8) is 0 Å². The normalized spacial score (nSPS) is 32.6. The Labute approximate surface area is 177 Å². The van der Waals surface area contributed by atoms with Gasteiger partial charge in [0.15, 0.2) is 11.5 Å². The molecule has 4 atom stereocenters. The highest BCUT2D eigenvalue weighted by Crippen LogP contribution is 2.60. The summed E-state index contributed by atoms with van der Waals surface area (Å²) in [5, 5.41) is 2.98. The molecule has 7 rings (SSSR count). The second-order valence-corrected chi connectivity index (χ2v) is 8.72. The molecule has 5 aliphatic rings. The van der Waals surface area contributed by atoms with Crippen molar-refractivity contribution >= 4 is 29.1 Å². The number of rotatable bonds is 1. The Kier molecular flexibility index (Phi) is 3.15. The molecule has 3 amide bonds. The molecule has 0 aliphatic carbocycles. The van der Waals surface area contributed by atoms with Gasteiger partial charge in [-0.2, -0.15) is 0 Å². The summed E-state index contributed by atoms with van der Waals surface area (Å²) in [7, 11) is 0. The fourth-order valence-electron chi connectivity index (χ4n) is 6.44. The maximum absolute atomic E-state index is 13.9. The molecular weight excluding hydrogens is 398 g/mol. The van der Waals surface area contributed by atoms with E-state index in [0.29, 0.717) is 23.7 Å². The molecule has 0 unspecified atom stereocenters. The van der Waals surface area contributed by atoms with E-state index in [1.807, 2.05) is 24.3 Å². The molecule has 2 aromatic rings. The van der Waals surface area contributed by atoms with Crippen LogP contribution in [0.5, 0.6) is 11.5 Å². The molecule has 1 N–H and O–H groups in total. The number of carbonyl (C=O) groups excluding carboxylic acids is 3. The predicted octanol–water partition coefficient (Wildman–Crippen LogP) is 1.85. The maximum Gasteiger partial charge on any atom is 0.250 e. The van der Waals surface area contributed by atoms with E-state index >= 15 is 0 Å². The van der Waals surface area contributed by atoms with Crippen LogP contribution in [-0.4, -0.2) is 42.0 Å². The zero-order valence-electron chi connectivity index (χ0n) is 16.5. The summed E-state index contributed by atoms with van der Waals surface area (Å²) < 4.78 is 10.8. The van der Waals surface area contributed by atoms with Crippen LogP contribution in [0.3, 0.4) is 0 Å². The quantitative estimate of drug-likeness (QED) is 0.713. The molecule has 8 nitrogen and oxygen atoms in total. The summed E-state index contributed by atoms with van der Waals surface area (Å²) >= 11 is 0. The lowest BCUT2D eigenvalue weighted by molar-refractivity contribution is -0.135. The summed E-state index contributed by atoms with van der Waals surface area (Å²) in [6, 6.07) is 12.5. The number of fused-ring (bicyclic) bond motifs is 8. The molecule has 0 aromatic heterocycles. The molecule has 1 spiro atoms. The number of ether oxygens (including phenoxy) is 2. The van der Waals surface area contributed by atoms with Crippen LogP contribution in [0, 0.1) is 11.8 Å². The van der Waals surface area contributed by atoms with Crippen molar-refractivity contribution < 1.29 is 23.9 Å². The summed E-state index contributed by atoms with van der Waals surface area (Å²) in [4.78, 5) is 44.4. The molecule has 8 heteroatoms. The first-order valence-electron chi connectivity index (χ1n) is 10.6. The van der Waals surface area contributed by atoms with Crippen LogP contribution < -0.4 is 19.7 Å². The molecule has 2 aromatic carbocycles. The highest BCUT2D eigenvalue weighted by Gasteiger charge is 2.74. The Morgan fingerprint density at radius 2 is 1.84 bits per heavy atom. The van der Waals surface area contributed by atoms with Crippen molar-refractivity contribution in [2.75, 3.05) is 23.6 Å². The van der Waals surface area contributed by atoms with Crippen molar-refractivity contribution in [3.8, 4) is 11.5 Å². The van der Waals surface area contributed by atoms with E-state index in [2.05, 4.69) is 10.2 Å². The molecule has 5 heterocycles. The maximum atomic E-state index is 13.9. The van der Waals surface area contributed by atoms with Crippen LogP contribution in [0.4, 0.5) is 11.4 Å². The second kappa shape index (κ2) is 5.64. The van der Waals surface area contributed by atoms with Gasteiger partial charge in [0, 0.05) is 23.4 Å². The van der Waals surface area contributed by atoms with Crippen molar-refractivity contribution in [1.29, 1.82) is 0 Å². The van der Waals surface area contributed by atoms with E-state index < -0.39 is 17.4 Å². The van der Waals surface area contributed by atoms with Gasteiger partial charge in [-0.3, -0.25) is 19.3 Å². The second-order valence-electron chi connectivity index (χ2n) is 8.72. The van der Waals surface area contributed by atoms with Gasteiger partial charge in [0.25, 0.3) is 0 Å². The Hall–Kier alpha value is -3.39. The molecule has 3 saturated heterocycles. The van der Waals surface area contributed by atoms with Crippen LogP contribution in [0.2, 0.25) is 0 Å². The van der Waals surface area contributed by atoms with Gasteiger partial charge in [0.05, 0.1) is 17.5 Å². The Bertz CT molecular complexity index is 1200. The SMILES string of the molecule is O=C1[C@H]2[C@@H](C(=O)N1c1ccc3c(c1)OCO3)[C@]1(C(=O)Nc3ccccc31)N1CCC[C@@H]21. The smallest absolute Gasteiger partial charge is 0.250 e. The highest BCUT2D eigenvalue weighted by molar-refractivity contribution is 6.26. The third-order valence-electron chi connectivity index (χ3n) is 7.51. The molecule has 31 heavy (non-hydrogen) atoms. The van der Waals surface area contributed by atoms with Gasteiger partial charge in [0.1, 0.15) is 5.54 Å². The Morgan fingerprint density at radius 1 is 1.00 bits per heavy atom. The number of para-hydroxylation sites is 1. The lowest BCUT2D eigenvalue weighted by atomic mass is 9.75. The van der Waals surface area contributed by atoms with Gasteiger partial charge in [-0.05, 0) is 37.6 Å². The molecule has 0 bridgehead atoms. The number of nitrogens with zero attached hydrogens (tertiary/aromatic N) is 2. The third-order valence-corrected chi connectivity index (χ3v) is 7.51. The van der Waals surface area contributed by atoms with Crippen molar-refractivity contribution in [2.24, 2.45) is 11.8 Å². The molecule has 0 saturated carbocycles. The molecule has 156 valence electrons. The van der Waals surface area contributed by atoms with Crippen LogP contribution >= 0.6 is 0 Å². The summed E-state index contributed by atoms with van der Waals surface area (Å²) in [6.07, 6.45) is 1.70. The fraction of sp³-hybridized carbons (Fsp3) is 0.348. The van der Waals surface area contributed by atoms with Gasteiger partial charge in [-0.25, -0.2) is 4.90 Å². The monoisotopic (exact) mass is 417 g/mol. The van der Waals surface area contributed by atoms with Gasteiger partial charge >= 0.3 is 0 Å². The number of carbonyl (C=O) groups is 3. The molecule has 3 fully saturated rings. The summed E-state index contributed by atoms with van der Waals surface area (Å²) in [5.74, 6) is -0.963. The van der Waals surface area contributed by atoms with Crippen LogP contribution in [0.25, 0.3) is 0 Å². The van der Waals surface area contributed by atoms with Crippen LogP contribution in [0.1, 0.15) is 18.4 Å². The third kappa shape index (κ3) is 1.88. The molecular formula is C23H19N3O5. The number of anilines is 2. The van der Waals surface area contributed by atoms with Crippen LogP contribution in [0.15, 0.2) is 42.5 Å². The first kappa shape index (κ1) is 17.3. The van der Waals surface area contributed by atoms with Gasteiger partial charge in [-0.1, -0.05) is 18.2 Å². The number of hydrogen-bond acceptors (Lipinski definition) is 6. The van der Waals surface area contributed by atoms with Crippen molar-refractivity contribution in [2.45, 2.75) is 24.4 Å². The number of benzene rings is 2. The van der Waals surface area contributed by atoms with E-state index in [0.717, 1.165) is 24.1 Å². The van der Waals surface area contributed by atoms with E-state index in [-0.39, 0.29) is 30.6 Å². The van der Waals surface area contributed by atoms with E-state index in [4.69, 9.17) is 9.47 Å². The minimum atomic E-state index is -1.14. The highest BCUT2D eigenvalue weighted by atomic mass is 16.7. The average Bonchev–Trinajstić information content (AvgIpc) is 3.54. The zero-order valence-corrected chi connectivity index (χ0v) is 16.5. The van der Waals surface area contributed by atoms with Crippen LogP contribution in [-0.2, 0) is 19.9 Å². The van der Waals surface area contributed by atoms with Crippen molar-refractivity contribution in [3.05, 3.63) is 48.0 Å². The fourth-order valence-corrected chi connectivity index (χ4v) is 6.44. The number of hydrogen-bond donors (Lipinski definition) is 1.